The van der Waals surface area contributed by atoms with E-state index in [1.54, 1.807) is 16.0 Å². The molecule has 0 fully saturated rings. The molecule has 0 aliphatic heterocycles. The first-order valence-corrected chi connectivity index (χ1v) is 7.23. The second-order valence-corrected chi connectivity index (χ2v) is 5.91. The Morgan fingerprint density at radius 2 is 2.33 bits per heavy atom. The standard InChI is InChI=1S/C12H14BrN3OS/c1-8-5-9(2)16(15-8)7-12(17)14-6-11-10(13)3-4-18-11/h3-5H,6-7H2,1-2H3,(H,14,17). The van der Waals surface area contributed by atoms with Crippen molar-refractivity contribution in [2.75, 3.05) is 0 Å². The van der Waals surface area contributed by atoms with E-state index < -0.39 is 0 Å². The van der Waals surface area contributed by atoms with Gasteiger partial charge >= 0.3 is 0 Å². The zero-order valence-corrected chi connectivity index (χ0v) is 12.6. The summed E-state index contributed by atoms with van der Waals surface area (Å²) in [6.07, 6.45) is 0. The first-order chi connectivity index (χ1) is 8.56. The molecule has 4 nitrogen and oxygen atoms in total. The predicted octanol–water partition coefficient (Wildman–Crippen LogP) is 2.64. The average Bonchev–Trinajstić information content (AvgIpc) is 2.83. The fourth-order valence-corrected chi connectivity index (χ4v) is 3.09. The number of rotatable bonds is 4. The molecule has 0 aliphatic carbocycles. The van der Waals surface area contributed by atoms with Crippen LogP contribution < -0.4 is 5.32 Å². The van der Waals surface area contributed by atoms with E-state index >= 15 is 0 Å². The van der Waals surface area contributed by atoms with Crippen molar-refractivity contribution in [1.29, 1.82) is 0 Å². The van der Waals surface area contributed by atoms with Gasteiger partial charge in [-0.25, -0.2) is 0 Å². The van der Waals surface area contributed by atoms with Crippen molar-refractivity contribution < 1.29 is 4.79 Å². The molecule has 2 rings (SSSR count). The number of hydrogen-bond acceptors (Lipinski definition) is 3. The lowest BCUT2D eigenvalue weighted by atomic mass is 10.4. The van der Waals surface area contributed by atoms with E-state index in [9.17, 15) is 4.79 Å². The number of hydrogen-bond donors (Lipinski definition) is 1. The molecule has 0 saturated heterocycles. The van der Waals surface area contributed by atoms with E-state index in [1.165, 1.54) is 0 Å². The molecule has 2 aromatic rings. The molecule has 2 aromatic heterocycles. The van der Waals surface area contributed by atoms with Gasteiger partial charge in [-0.05, 0) is 47.3 Å². The molecule has 1 N–H and O–H groups in total. The van der Waals surface area contributed by atoms with Gasteiger partial charge in [-0.15, -0.1) is 11.3 Å². The number of thiophene rings is 1. The molecule has 0 saturated carbocycles. The third-order valence-electron chi connectivity index (χ3n) is 2.53. The summed E-state index contributed by atoms with van der Waals surface area (Å²) < 4.78 is 2.76. The van der Waals surface area contributed by atoms with Crippen LogP contribution in [0.15, 0.2) is 22.0 Å². The van der Waals surface area contributed by atoms with Gasteiger partial charge < -0.3 is 5.32 Å². The molecule has 0 aromatic carbocycles. The normalized spacial score (nSPS) is 10.6. The van der Waals surface area contributed by atoms with Crippen molar-refractivity contribution in [3.63, 3.8) is 0 Å². The average molecular weight is 328 g/mol. The molecule has 0 atom stereocenters. The molecule has 96 valence electrons. The number of carbonyl (C=O) groups excluding carboxylic acids is 1. The van der Waals surface area contributed by atoms with E-state index in [2.05, 4.69) is 26.3 Å². The first kappa shape index (κ1) is 13.3. The van der Waals surface area contributed by atoms with Gasteiger partial charge in [-0.2, -0.15) is 5.10 Å². The van der Waals surface area contributed by atoms with Crippen molar-refractivity contribution in [3.8, 4) is 0 Å². The zero-order valence-electron chi connectivity index (χ0n) is 10.2. The maximum atomic E-state index is 11.8. The maximum absolute atomic E-state index is 11.8. The quantitative estimate of drug-likeness (QED) is 0.938. The third kappa shape index (κ3) is 3.20. The Morgan fingerprint density at radius 3 is 2.89 bits per heavy atom. The second kappa shape index (κ2) is 5.67. The van der Waals surface area contributed by atoms with Crippen LogP contribution in [0.5, 0.6) is 0 Å². The summed E-state index contributed by atoms with van der Waals surface area (Å²) in [6.45, 7) is 4.69. The molecule has 0 bridgehead atoms. The van der Waals surface area contributed by atoms with Crippen molar-refractivity contribution in [2.24, 2.45) is 0 Å². The monoisotopic (exact) mass is 327 g/mol. The third-order valence-corrected chi connectivity index (χ3v) is 4.46. The largest absolute Gasteiger partial charge is 0.350 e. The summed E-state index contributed by atoms with van der Waals surface area (Å²) in [4.78, 5) is 12.9. The molecule has 0 unspecified atom stereocenters. The lowest BCUT2D eigenvalue weighted by Crippen LogP contribution is -2.27. The highest BCUT2D eigenvalue weighted by Gasteiger charge is 2.08. The van der Waals surface area contributed by atoms with Crippen LogP contribution in [0, 0.1) is 13.8 Å². The van der Waals surface area contributed by atoms with Crippen LogP contribution in [0.1, 0.15) is 16.3 Å². The maximum Gasteiger partial charge on any atom is 0.242 e. The zero-order chi connectivity index (χ0) is 13.1. The van der Waals surface area contributed by atoms with Crippen LogP contribution in [0.3, 0.4) is 0 Å². The summed E-state index contributed by atoms with van der Waals surface area (Å²) in [5.74, 6) is -0.0264. The van der Waals surface area contributed by atoms with Gasteiger partial charge in [-0.3, -0.25) is 9.48 Å². The van der Waals surface area contributed by atoms with Crippen molar-refractivity contribution in [2.45, 2.75) is 26.9 Å². The van der Waals surface area contributed by atoms with Crippen molar-refractivity contribution >= 4 is 33.2 Å². The van der Waals surface area contributed by atoms with Gasteiger partial charge in [0.2, 0.25) is 5.91 Å². The number of aryl methyl sites for hydroxylation is 2. The smallest absolute Gasteiger partial charge is 0.242 e. The Labute approximate surface area is 118 Å². The molecule has 18 heavy (non-hydrogen) atoms. The highest BCUT2D eigenvalue weighted by Crippen LogP contribution is 2.22. The second-order valence-electron chi connectivity index (χ2n) is 4.05. The Kier molecular flexibility index (Phi) is 4.19. The molecule has 6 heteroatoms. The number of aromatic nitrogens is 2. The molecule has 1 amide bonds. The van der Waals surface area contributed by atoms with E-state index in [4.69, 9.17) is 0 Å². The number of amides is 1. The molecular weight excluding hydrogens is 314 g/mol. The summed E-state index contributed by atoms with van der Waals surface area (Å²) in [5.41, 5.74) is 1.93. The fraction of sp³-hybridized carbons (Fsp3) is 0.333. The minimum atomic E-state index is -0.0264. The van der Waals surface area contributed by atoms with Crippen LogP contribution in [-0.4, -0.2) is 15.7 Å². The number of carbonyl (C=O) groups is 1. The molecular formula is C12H14BrN3OS. The molecule has 0 aliphatic rings. The summed E-state index contributed by atoms with van der Waals surface area (Å²) in [5, 5.41) is 9.15. The summed E-state index contributed by atoms with van der Waals surface area (Å²) in [6, 6.07) is 3.94. The number of nitrogens with zero attached hydrogens (tertiary/aromatic N) is 2. The Hall–Kier alpha value is -1.14. The van der Waals surface area contributed by atoms with Crippen LogP contribution in [0.2, 0.25) is 0 Å². The topological polar surface area (TPSA) is 46.9 Å². The first-order valence-electron chi connectivity index (χ1n) is 5.56. The van der Waals surface area contributed by atoms with Crippen molar-refractivity contribution in [1.82, 2.24) is 15.1 Å². The molecule has 0 spiro atoms. The van der Waals surface area contributed by atoms with Crippen LogP contribution >= 0.6 is 27.3 Å². The van der Waals surface area contributed by atoms with E-state index in [0.717, 1.165) is 20.7 Å². The highest BCUT2D eigenvalue weighted by atomic mass is 79.9. The van der Waals surface area contributed by atoms with Crippen LogP contribution in [0.4, 0.5) is 0 Å². The molecule has 2 heterocycles. The lowest BCUT2D eigenvalue weighted by molar-refractivity contribution is -0.122. The van der Waals surface area contributed by atoms with Crippen LogP contribution in [-0.2, 0) is 17.9 Å². The Balaban J connectivity index is 1.90. The SMILES string of the molecule is Cc1cc(C)n(CC(=O)NCc2sccc2Br)n1. The molecule has 0 radical (unpaired) electrons. The highest BCUT2D eigenvalue weighted by molar-refractivity contribution is 9.10. The predicted molar refractivity (Wildman–Crippen MR) is 75.6 cm³/mol. The van der Waals surface area contributed by atoms with E-state index in [0.29, 0.717) is 6.54 Å². The summed E-state index contributed by atoms with van der Waals surface area (Å²) >= 11 is 5.06. The lowest BCUT2D eigenvalue weighted by Gasteiger charge is -2.06. The Morgan fingerprint density at radius 1 is 1.56 bits per heavy atom. The van der Waals surface area contributed by atoms with Gasteiger partial charge in [0.15, 0.2) is 0 Å². The van der Waals surface area contributed by atoms with Gasteiger partial charge in [0.05, 0.1) is 12.2 Å². The summed E-state index contributed by atoms with van der Waals surface area (Å²) in [7, 11) is 0. The Bertz CT molecular complexity index is 561. The minimum Gasteiger partial charge on any atom is -0.350 e. The minimum absolute atomic E-state index is 0.0264. The van der Waals surface area contributed by atoms with Crippen LogP contribution in [0.25, 0.3) is 0 Å². The number of nitrogens with one attached hydrogen (secondary N) is 1. The van der Waals surface area contributed by atoms with Crippen molar-refractivity contribution in [3.05, 3.63) is 38.3 Å². The van der Waals surface area contributed by atoms with E-state index in [-0.39, 0.29) is 12.5 Å². The van der Waals surface area contributed by atoms with Gasteiger partial charge in [0.1, 0.15) is 6.54 Å². The van der Waals surface area contributed by atoms with Gasteiger partial charge in [0.25, 0.3) is 0 Å². The van der Waals surface area contributed by atoms with Gasteiger partial charge in [-0.1, -0.05) is 0 Å². The van der Waals surface area contributed by atoms with Gasteiger partial charge in [0, 0.05) is 15.0 Å². The fourth-order valence-electron chi connectivity index (χ4n) is 1.66. The van der Waals surface area contributed by atoms with E-state index in [1.807, 2.05) is 31.4 Å². The number of halogens is 1.